The third-order valence-corrected chi connectivity index (χ3v) is 4.15. The molecule has 0 amide bonds. The third kappa shape index (κ3) is 1.59. The zero-order chi connectivity index (χ0) is 12.0. The Hall–Kier alpha value is -0.990. The third-order valence-electron chi connectivity index (χ3n) is 3.91. The van der Waals surface area contributed by atoms with Gasteiger partial charge in [0.2, 0.25) is 0 Å². The van der Waals surface area contributed by atoms with Crippen LogP contribution in [-0.2, 0) is 13.5 Å². The monoisotopic (exact) mass is 248 g/mol. The largest absolute Gasteiger partial charge is 0.346 e. The van der Waals surface area contributed by atoms with Crippen LogP contribution in [0.2, 0.25) is 5.02 Å². The summed E-state index contributed by atoms with van der Waals surface area (Å²) in [6.45, 7) is 0. The Labute approximate surface area is 107 Å². The second-order valence-corrected chi connectivity index (χ2v) is 5.25. The lowest BCUT2D eigenvalue weighted by Crippen LogP contribution is -2.23. The number of aryl methyl sites for hydroxylation is 2. The topological polar surface area (TPSA) is 17.0 Å². The van der Waals surface area contributed by atoms with Crippen LogP contribution in [0.3, 0.4) is 0 Å². The lowest BCUT2D eigenvalue weighted by molar-refractivity contribution is 0.474. The van der Waals surface area contributed by atoms with Crippen molar-refractivity contribution >= 4 is 22.5 Å². The maximum absolute atomic E-state index is 6.10. The zero-order valence-corrected chi connectivity index (χ0v) is 11.0. The van der Waals surface area contributed by atoms with Crippen molar-refractivity contribution < 1.29 is 0 Å². The SMILES string of the molecule is CNC1CCCc2c1n(C)c1cc(Cl)ccc21. The number of hydrogen-bond donors (Lipinski definition) is 1. The van der Waals surface area contributed by atoms with Crippen molar-refractivity contribution in [3.63, 3.8) is 0 Å². The zero-order valence-electron chi connectivity index (χ0n) is 10.3. The van der Waals surface area contributed by atoms with Crippen LogP contribution in [0.5, 0.6) is 0 Å². The van der Waals surface area contributed by atoms with Gasteiger partial charge in [0, 0.05) is 34.7 Å². The van der Waals surface area contributed by atoms with Gasteiger partial charge < -0.3 is 9.88 Å². The van der Waals surface area contributed by atoms with Crippen molar-refractivity contribution in [2.45, 2.75) is 25.3 Å². The summed E-state index contributed by atoms with van der Waals surface area (Å²) in [5.41, 5.74) is 4.20. The second kappa shape index (κ2) is 4.04. The van der Waals surface area contributed by atoms with Crippen LogP contribution < -0.4 is 5.32 Å². The van der Waals surface area contributed by atoms with Crippen LogP contribution in [0.15, 0.2) is 18.2 Å². The van der Waals surface area contributed by atoms with Gasteiger partial charge in [-0.1, -0.05) is 17.7 Å². The van der Waals surface area contributed by atoms with E-state index in [0.717, 1.165) is 5.02 Å². The highest BCUT2D eigenvalue weighted by atomic mass is 35.5. The Morgan fingerprint density at radius 2 is 2.24 bits per heavy atom. The molecule has 0 aliphatic heterocycles. The summed E-state index contributed by atoms with van der Waals surface area (Å²) in [5, 5.41) is 5.61. The van der Waals surface area contributed by atoms with Gasteiger partial charge in [-0.3, -0.25) is 0 Å². The van der Waals surface area contributed by atoms with E-state index >= 15 is 0 Å². The van der Waals surface area contributed by atoms with Crippen LogP contribution in [0.1, 0.15) is 30.1 Å². The van der Waals surface area contributed by atoms with E-state index in [2.05, 4.69) is 29.1 Å². The summed E-state index contributed by atoms with van der Waals surface area (Å²) in [6, 6.07) is 6.71. The number of hydrogen-bond acceptors (Lipinski definition) is 1. The molecular formula is C14H17ClN2. The lowest BCUT2D eigenvalue weighted by atomic mass is 9.92. The molecule has 1 atom stereocenters. The number of benzene rings is 1. The minimum absolute atomic E-state index is 0.481. The molecule has 1 aromatic carbocycles. The number of halogens is 1. The maximum atomic E-state index is 6.10. The van der Waals surface area contributed by atoms with E-state index in [0.29, 0.717) is 6.04 Å². The first-order valence-electron chi connectivity index (χ1n) is 6.16. The summed E-state index contributed by atoms with van der Waals surface area (Å²) in [7, 11) is 4.19. The van der Waals surface area contributed by atoms with Crippen molar-refractivity contribution in [1.29, 1.82) is 0 Å². The van der Waals surface area contributed by atoms with Crippen LogP contribution >= 0.6 is 11.6 Å². The predicted molar refractivity (Wildman–Crippen MR) is 72.7 cm³/mol. The number of rotatable bonds is 1. The molecule has 1 N–H and O–H groups in total. The molecule has 0 bridgehead atoms. The molecule has 1 heterocycles. The molecule has 1 unspecified atom stereocenters. The van der Waals surface area contributed by atoms with Gasteiger partial charge >= 0.3 is 0 Å². The summed E-state index contributed by atoms with van der Waals surface area (Å²) < 4.78 is 2.30. The molecule has 3 rings (SSSR count). The molecule has 0 saturated carbocycles. The smallest absolute Gasteiger partial charge is 0.0498 e. The van der Waals surface area contributed by atoms with Crippen molar-refractivity contribution in [3.05, 3.63) is 34.5 Å². The summed E-state index contributed by atoms with van der Waals surface area (Å²) in [5.74, 6) is 0. The van der Waals surface area contributed by atoms with Crippen LogP contribution in [-0.4, -0.2) is 11.6 Å². The van der Waals surface area contributed by atoms with Crippen molar-refractivity contribution in [1.82, 2.24) is 9.88 Å². The van der Waals surface area contributed by atoms with Gasteiger partial charge in [-0.25, -0.2) is 0 Å². The first-order valence-corrected chi connectivity index (χ1v) is 6.54. The Balaban J connectivity index is 2.33. The van der Waals surface area contributed by atoms with E-state index in [-0.39, 0.29) is 0 Å². The molecule has 3 heteroatoms. The highest BCUT2D eigenvalue weighted by Crippen LogP contribution is 2.37. The molecule has 0 saturated heterocycles. The predicted octanol–water partition coefficient (Wildman–Crippen LogP) is 3.43. The molecule has 2 aromatic rings. The average Bonchev–Trinajstić information content (AvgIpc) is 2.63. The Kier molecular flexibility index (Phi) is 2.64. The van der Waals surface area contributed by atoms with Gasteiger partial charge in [0.05, 0.1) is 0 Å². The van der Waals surface area contributed by atoms with Crippen molar-refractivity contribution in [3.8, 4) is 0 Å². The average molecular weight is 249 g/mol. The van der Waals surface area contributed by atoms with Gasteiger partial charge in [0.15, 0.2) is 0 Å². The highest BCUT2D eigenvalue weighted by Gasteiger charge is 2.25. The number of fused-ring (bicyclic) bond motifs is 3. The number of nitrogens with one attached hydrogen (secondary N) is 1. The molecule has 90 valence electrons. The van der Waals surface area contributed by atoms with Gasteiger partial charge in [-0.15, -0.1) is 0 Å². The second-order valence-electron chi connectivity index (χ2n) is 4.82. The fourth-order valence-corrected chi connectivity index (χ4v) is 3.28. The maximum Gasteiger partial charge on any atom is 0.0498 e. The number of aromatic nitrogens is 1. The number of nitrogens with zero attached hydrogens (tertiary/aromatic N) is 1. The summed E-state index contributed by atoms with van der Waals surface area (Å²) in [4.78, 5) is 0. The van der Waals surface area contributed by atoms with E-state index in [9.17, 15) is 0 Å². The Morgan fingerprint density at radius 1 is 1.41 bits per heavy atom. The van der Waals surface area contributed by atoms with Crippen LogP contribution in [0.4, 0.5) is 0 Å². The molecule has 1 aliphatic rings. The summed E-state index contributed by atoms with van der Waals surface area (Å²) >= 11 is 6.10. The van der Waals surface area contributed by atoms with Gasteiger partial charge in [-0.2, -0.15) is 0 Å². The van der Waals surface area contributed by atoms with E-state index in [1.165, 1.54) is 41.4 Å². The molecule has 0 fully saturated rings. The van der Waals surface area contributed by atoms with Gasteiger partial charge in [-0.05, 0) is 44.0 Å². The first-order chi connectivity index (χ1) is 8.22. The van der Waals surface area contributed by atoms with Gasteiger partial charge in [0.25, 0.3) is 0 Å². The molecule has 2 nitrogen and oxygen atoms in total. The van der Waals surface area contributed by atoms with Gasteiger partial charge in [0.1, 0.15) is 0 Å². The normalized spacial score (nSPS) is 19.6. The van der Waals surface area contributed by atoms with E-state index in [4.69, 9.17) is 11.6 Å². The fourth-order valence-electron chi connectivity index (χ4n) is 3.12. The molecule has 1 aliphatic carbocycles. The summed E-state index contributed by atoms with van der Waals surface area (Å²) in [6.07, 6.45) is 3.67. The minimum Gasteiger partial charge on any atom is -0.346 e. The van der Waals surface area contributed by atoms with Crippen LogP contribution in [0.25, 0.3) is 10.9 Å². The van der Waals surface area contributed by atoms with E-state index < -0.39 is 0 Å². The molecule has 1 aromatic heterocycles. The van der Waals surface area contributed by atoms with Crippen molar-refractivity contribution in [2.75, 3.05) is 7.05 Å². The van der Waals surface area contributed by atoms with E-state index in [1.807, 2.05) is 13.1 Å². The fraction of sp³-hybridized carbons (Fsp3) is 0.429. The minimum atomic E-state index is 0.481. The quantitative estimate of drug-likeness (QED) is 0.818. The Bertz CT molecular complexity index is 571. The van der Waals surface area contributed by atoms with Crippen molar-refractivity contribution in [2.24, 2.45) is 7.05 Å². The molecule has 0 radical (unpaired) electrons. The highest BCUT2D eigenvalue weighted by molar-refractivity contribution is 6.31. The first kappa shape index (κ1) is 11.1. The Morgan fingerprint density at radius 3 is 3.00 bits per heavy atom. The molecule has 0 spiro atoms. The van der Waals surface area contributed by atoms with E-state index in [1.54, 1.807) is 0 Å². The molecule has 17 heavy (non-hydrogen) atoms. The molecular weight excluding hydrogens is 232 g/mol. The van der Waals surface area contributed by atoms with Crippen LogP contribution in [0, 0.1) is 0 Å². The standard InChI is InChI=1S/C14H17ClN2/c1-16-12-5-3-4-11-10-7-6-9(15)8-13(10)17(2)14(11)12/h6-8,12,16H,3-5H2,1-2H3. The lowest BCUT2D eigenvalue weighted by Gasteiger charge is -2.24.